The zero-order valence-electron chi connectivity index (χ0n) is 19.0. The normalized spacial score (nSPS) is 13.9. The zero-order valence-corrected chi connectivity index (χ0v) is 19.8. The van der Waals surface area contributed by atoms with Crippen molar-refractivity contribution < 1.29 is 14.4 Å². The smallest absolute Gasteiger partial charge is 0.253 e. The summed E-state index contributed by atoms with van der Waals surface area (Å²) < 4.78 is 0. The largest absolute Gasteiger partial charge is 0.376 e. The lowest BCUT2D eigenvalue weighted by Crippen LogP contribution is -2.36. The van der Waals surface area contributed by atoms with Crippen LogP contribution in [0.5, 0.6) is 0 Å². The maximum atomic E-state index is 12.7. The fourth-order valence-electron chi connectivity index (χ4n) is 3.79. The second-order valence-electron chi connectivity index (χ2n) is 8.61. The fourth-order valence-corrected chi connectivity index (χ4v) is 3.99. The van der Waals surface area contributed by atoms with Crippen molar-refractivity contribution in [3.8, 4) is 0 Å². The Morgan fingerprint density at radius 3 is 2.45 bits per heavy atom. The van der Waals surface area contributed by atoms with Crippen LogP contribution in [0.3, 0.4) is 0 Å². The lowest BCUT2D eigenvalue weighted by Gasteiger charge is -2.23. The van der Waals surface area contributed by atoms with Crippen molar-refractivity contribution in [2.24, 2.45) is 0 Å². The number of halogens is 1. The van der Waals surface area contributed by atoms with E-state index in [0.717, 1.165) is 25.7 Å². The van der Waals surface area contributed by atoms with E-state index in [0.29, 0.717) is 27.5 Å². The van der Waals surface area contributed by atoms with Gasteiger partial charge in [0.05, 0.1) is 17.1 Å². The average molecular weight is 471 g/mol. The van der Waals surface area contributed by atoms with Gasteiger partial charge in [-0.15, -0.1) is 0 Å². The fraction of sp³-hybridized carbons (Fsp3) is 0.400. The average Bonchev–Trinajstić information content (AvgIpc) is 2.79. The van der Waals surface area contributed by atoms with Crippen LogP contribution in [0.15, 0.2) is 42.5 Å². The van der Waals surface area contributed by atoms with Crippen LogP contribution in [0.4, 0.5) is 11.4 Å². The lowest BCUT2D eigenvalue weighted by molar-refractivity contribution is -0.114. The van der Waals surface area contributed by atoms with E-state index in [1.807, 2.05) is 13.8 Å². The summed E-state index contributed by atoms with van der Waals surface area (Å²) >= 11 is 6.25. The third kappa shape index (κ3) is 7.49. The Labute approximate surface area is 199 Å². The number of nitrogens with one attached hydrogen (secondary N) is 4. The molecule has 1 fully saturated rings. The first-order chi connectivity index (χ1) is 15.8. The van der Waals surface area contributed by atoms with Gasteiger partial charge in [0.15, 0.2) is 0 Å². The Bertz CT molecular complexity index is 1000. The summed E-state index contributed by atoms with van der Waals surface area (Å²) in [6, 6.07) is 12.0. The molecule has 0 bridgehead atoms. The highest BCUT2D eigenvalue weighted by Gasteiger charge is 2.19. The minimum absolute atomic E-state index is 0.00622. The van der Waals surface area contributed by atoms with Gasteiger partial charge in [-0.05, 0) is 63.1 Å². The molecule has 0 radical (unpaired) electrons. The molecular weight excluding hydrogens is 440 g/mol. The van der Waals surface area contributed by atoms with Crippen LogP contribution < -0.4 is 21.3 Å². The molecule has 2 aromatic rings. The Kier molecular flexibility index (Phi) is 8.72. The van der Waals surface area contributed by atoms with E-state index in [4.69, 9.17) is 11.6 Å². The van der Waals surface area contributed by atoms with Gasteiger partial charge in [-0.25, -0.2) is 0 Å². The number of rotatable bonds is 8. The molecule has 33 heavy (non-hydrogen) atoms. The van der Waals surface area contributed by atoms with Crippen LogP contribution in [-0.4, -0.2) is 36.3 Å². The summed E-state index contributed by atoms with van der Waals surface area (Å²) in [4.78, 5) is 37.3. The van der Waals surface area contributed by atoms with Gasteiger partial charge in [-0.2, -0.15) is 0 Å². The molecule has 1 aliphatic carbocycles. The van der Waals surface area contributed by atoms with Crippen LogP contribution in [0.2, 0.25) is 5.02 Å². The van der Waals surface area contributed by atoms with Crippen molar-refractivity contribution in [2.45, 2.75) is 58.0 Å². The first-order valence-electron chi connectivity index (χ1n) is 11.4. The van der Waals surface area contributed by atoms with Crippen LogP contribution in [0.25, 0.3) is 0 Å². The maximum Gasteiger partial charge on any atom is 0.253 e. The summed E-state index contributed by atoms with van der Waals surface area (Å²) in [7, 11) is 0. The summed E-state index contributed by atoms with van der Waals surface area (Å²) in [6.45, 7) is 3.77. The Morgan fingerprint density at radius 1 is 0.970 bits per heavy atom. The highest BCUT2D eigenvalue weighted by atomic mass is 35.5. The molecule has 1 aliphatic rings. The van der Waals surface area contributed by atoms with Gasteiger partial charge in [0.1, 0.15) is 0 Å². The van der Waals surface area contributed by atoms with Crippen molar-refractivity contribution in [2.75, 3.05) is 17.2 Å². The molecule has 7 nitrogen and oxygen atoms in total. The molecule has 1 saturated carbocycles. The van der Waals surface area contributed by atoms with Crippen LogP contribution in [0.1, 0.15) is 66.7 Å². The zero-order chi connectivity index (χ0) is 23.8. The van der Waals surface area contributed by atoms with Gasteiger partial charge < -0.3 is 21.3 Å². The first kappa shape index (κ1) is 24.6. The Morgan fingerprint density at radius 2 is 1.73 bits per heavy atom. The van der Waals surface area contributed by atoms with E-state index in [-0.39, 0.29) is 36.3 Å². The minimum atomic E-state index is -0.278. The van der Waals surface area contributed by atoms with Crippen molar-refractivity contribution in [1.29, 1.82) is 0 Å². The van der Waals surface area contributed by atoms with E-state index < -0.39 is 0 Å². The molecule has 0 spiro atoms. The highest BCUT2D eigenvalue weighted by Crippen LogP contribution is 2.23. The number of benzene rings is 2. The number of carbonyl (C=O) groups excluding carboxylic acids is 3. The molecule has 176 valence electrons. The van der Waals surface area contributed by atoms with E-state index in [1.165, 1.54) is 6.42 Å². The Balaban J connectivity index is 1.56. The van der Waals surface area contributed by atoms with Crippen molar-refractivity contribution in [1.82, 2.24) is 10.6 Å². The van der Waals surface area contributed by atoms with Gasteiger partial charge in [0, 0.05) is 29.0 Å². The summed E-state index contributed by atoms with van der Waals surface area (Å²) in [5.74, 6) is -0.671. The number of hydrogen-bond donors (Lipinski definition) is 4. The third-order valence-electron chi connectivity index (χ3n) is 5.43. The van der Waals surface area contributed by atoms with Gasteiger partial charge in [0.2, 0.25) is 5.91 Å². The molecule has 3 amide bonds. The molecular formula is C25H31ClN4O3. The molecule has 8 heteroatoms. The molecule has 0 aliphatic heterocycles. The number of carbonyl (C=O) groups is 3. The van der Waals surface area contributed by atoms with E-state index in [2.05, 4.69) is 21.3 Å². The SMILES string of the molecule is CC(C)NC(=O)c1cccc(NC(=O)CNc2ccc(Cl)c(C(=O)NC3CCCCC3)c2)c1. The second-order valence-corrected chi connectivity index (χ2v) is 9.02. The second kappa shape index (κ2) is 11.7. The predicted octanol–water partition coefficient (Wildman–Crippen LogP) is 4.59. The Hall–Kier alpha value is -3.06. The molecule has 0 saturated heterocycles. The lowest BCUT2D eigenvalue weighted by atomic mass is 9.95. The number of hydrogen-bond acceptors (Lipinski definition) is 4. The highest BCUT2D eigenvalue weighted by molar-refractivity contribution is 6.34. The quantitative estimate of drug-likeness (QED) is 0.453. The molecule has 4 N–H and O–H groups in total. The standard InChI is InChI=1S/C25H31ClN4O3/c1-16(2)28-24(32)17-7-6-10-20(13-17)29-23(31)15-27-19-11-12-22(26)21(14-19)25(33)30-18-8-4-3-5-9-18/h6-7,10-14,16,18,27H,3-5,8-9,15H2,1-2H3,(H,28,32)(H,29,31)(H,30,33). The van der Waals surface area contributed by atoms with Crippen molar-refractivity contribution in [3.05, 3.63) is 58.6 Å². The summed E-state index contributed by atoms with van der Waals surface area (Å²) in [5.41, 5.74) is 2.01. The monoisotopic (exact) mass is 470 g/mol. The van der Waals surface area contributed by atoms with E-state index in [1.54, 1.807) is 42.5 Å². The van der Waals surface area contributed by atoms with E-state index in [9.17, 15) is 14.4 Å². The van der Waals surface area contributed by atoms with Crippen molar-refractivity contribution >= 4 is 40.7 Å². The maximum absolute atomic E-state index is 12.7. The molecule has 2 aromatic carbocycles. The molecule has 0 aromatic heterocycles. The third-order valence-corrected chi connectivity index (χ3v) is 5.76. The summed E-state index contributed by atoms with van der Waals surface area (Å²) in [5, 5.41) is 12.1. The van der Waals surface area contributed by atoms with Gasteiger partial charge in [-0.3, -0.25) is 14.4 Å². The van der Waals surface area contributed by atoms with Gasteiger partial charge in [0.25, 0.3) is 11.8 Å². The van der Waals surface area contributed by atoms with Gasteiger partial charge >= 0.3 is 0 Å². The minimum Gasteiger partial charge on any atom is -0.376 e. The topological polar surface area (TPSA) is 99.3 Å². The molecule has 0 unspecified atom stereocenters. The molecule has 3 rings (SSSR count). The van der Waals surface area contributed by atoms with Crippen molar-refractivity contribution in [3.63, 3.8) is 0 Å². The van der Waals surface area contributed by atoms with Crippen LogP contribution in [0, 0.1) is 0 Å². The van der Waals surface area contributed by atoms with Gasteiger partial charge in [-0.1, -0.05) is 36.9 Å². The predicted molar refractivity (Wildman–Crippen MR) is 132 cm³/mol. The summed E-state index contributed by atoms with van der Waals surface area (Å²) in [6.07, 6.45) is 5.44. The number of anilines is 2. The van der Waals surface area contributed by atoms with Crippen LogP contribution in [-0.2, 0) is 4.79 Å². The number of amides is 3. The first-order valence-corrected chi connectivity index (χ1v) is 11.7. The molecule has 0 heterocycles. The van der Waals surface area contributed by atoms with Crippen LogP contribution >= 0.6 is 11.6 Å². The molecule has 0 atom stereocenters. The van der Waals surface area contributed by atoms with E-state index >= 15 is 0 Å².